The molecule has 12 aromatic rings. The fourth-order valence-corrected chi connectivity index (χ4v) is 16.6. The number of hydrogen-bond donors (Lipinski definition) is 5. The van der Waals surface area contributed by atoms with Gasteiger partial charge in [-0.2, -0.15) is 15.4 Å². The van der Waals surface area contributed by atoms with Gasteiger partial charge in [-0.1, -0.05) is 113 Å². The number of hydrazone groups is 1. The molecule has 8 N–H and O–H groups in total. The van der Waals surface area contributed by atoms with Crippen LogP contribution in [-0.4, -0.2) is 87.9 Å². The summed E-state index contributed by atoms with van der Waals surface area (Å²) in [4.78, 5) is 67.3. The standard InChI is InChI=1S/C22H22ClN3O2S2.C22H20ClN3OS2.C14H10ClNOS2.C13H12ClNOS.C9H6ClNO.C9H13NO.C4H8O/c1-13-14(2)30-21(19(13)20(27)16-6-8-17(23)9-7-16)25-22(29)26(24)12-15-4-10-18(28-3)11-5-15;1-13-14(2)29-21-19(13)20(16-6-8-17(23)9-7-16)25-26(22(28)24-21)12-15-4-10-18(27-3)11-5-15;1-8-9(2)19-14(16-7-18)12(8)13(17)10-3-5-11(15)6-4-10;1-7-8(2)17-13(15)11(7)12(16)9-3-5-10(14)6-4-9;10-8-3-1-7(2-4-8)9(12)5-6-11;1-11-9-4-2-8(3-5-9)6-7-10;1-3-4(2)5/h4-11H,12,24H2,1-3H3,(H,25,29);4-11H,12H2,1-3H3,(H,24,28);3-6H,1-2H3;3-6H,15H2,1-2H3;1-4H,5H2;2-5H,6-7,10H2,1H3;3H2,1-2H3. The van der Waals surface area contributed by atoms with Crippen molar-refractivity contribution in [1.82, 2.24) is 10.0 Å². The molecule has 0 saturated heterocycles. The van der Waals surface area contributed by atoms with Gasteiger partial charge >= 0.3 is 0 Å². The molecule has 0 amide bonds. The molecule has 0 atom stereocenters. The molecule has 4 aromatic heterocycles. The van der Waals surface area contributed by atoms with Crippen molar-refractivity contribution in [2.24, 2.45) is 21.7 Å². The van der Waals surface area contributed by atoms with E-state index < -0.39 is 0 Å². The first-order valence-corrected chi connectivity index (χ1v) is 44.2. The number of thiocarbonyl (C=S) groups is 3. The topological polar surface area (TPSA) is 270 Å². The smallest absolute Gasteiger partial charge is 0.196 e. The molecule has 30 heteroatoms. The van der Waals surface area contributed by atoms with E-state index in [2.05, 4.69) is 46.9 Å². The quantitative estimate of drug-likeness (QED) is 0.0147. The summed E-state index contributed by atoms with van der Waals surface area (Å²) in [5, 5.41) is 32.3. The van der Waals surface area contributed by atoms with Crippen LogP contribution in [0.25, 0.3) is 0 Å². The number of nitrogens with two attached hydrogens (primary N) is 3. The lowest BCUT2D eigenvalue weighted by atomic mass is 10.0. The fraction of sp³-hybridized carbons (Fsp3) is 0.204. The van der Waals surface area contributed by atoms with Crippen molar-refractivity contribution in [3.8, 4) is 23.3 Å². The maximum Gasteiger partial charge on any atom is 0.196 e. The van der Waals surface area contributed by atoms with Crippen LogP contribution < -0.4 is 42.2 Å². The van der Waals surface area contributed by atoms with Gasteiger partial charge < -0.3 is 41.1 Å². The average Bonchev–Trinajstić information content (AvgIpc) is 1.62. The van der Waals surface area contributed by atoms with Crippen LogP contribution in [0.3, 0.4) is 0 Å². The van der Waals surface area contributed by atoms with Crippen LogP contribution in [0.1, 0.15) is 154 Å². The summed E-state index contributed by atoms with van der Waals surface area (Å²) in [6, 6.07) is 60.1. The number of anilines is 3. The molecule has 5 heterocycles. The Morgan fingerprint density at radius 1 is 0.553 bits per heavy atom. The predicted octanol–water partition coefficient (Wildman–Crippen LogP) is 24.8. The van der Waals surface area contributed by atoms with E-state index in [4.69, 9.17) is 124 Å². The molecule has 0 unspecified atom stereocenters. The van der Waals surface area contributed by atoms with Gasteiger partial charge in [-0.15, -0.1) is 45.3 Å². The lowest BCUT2D eigenvalue weighted by molar-refractivity contribution is -0.116. The van der Waals surface area contributed by atoms with Crippen molar-refractivity contribution in [3.05, 3.63) is 328 Å². The highest BCUT2D eigenvalue weighted by Gasteiger charge is 2.28. The van der Waals surface area contributed by atoms with E-state index in [0.717, 1.165) is 88.0 Å². The number of hydrogen-bond acceptors (Lipinski definition) is 21. The highest BCUT2D eigenvalue weighted by Crippen LogP contribution is 2.40. The van der Waals surface area contributed by atoms with Crippen molar-refractivity contribution in [1.29, 1.82) is 5.26 Å². The number of carbonyl (C=O) groups excluding carboxylic acids is 5. The molecule has 8 aromatic carbocycles. The Labute approximate surface area is 775 Å². The zero-order chi connectivity index (χ0) is 90.3. The number of nitrogen functional groups attached to an aromatic ring is 1. The number of thiophene rings is 4. The summed E-state index contributed by atoms with van der Waals surface area (Å²) in [7, 11) is 4.95. The summed E-state index contributed by atoms with van der Waals surface area (Å²) in [6.07, 6.45) is 1.52. The van der Waals surface area contributed by atoms with Crippen LogP contribution in [0.2, 0.25) is 25.1 Å². The van der Waals surface area contributed by atoms with Crippen molar-refractivity contribution in [2.45, 2.75) is 102 Å². The fourth-order valence-electron chi connectivity index (χ4n) is 11.3. The zero-order valence-corrected chi connectivity index (χ0v) is 79.2. The Balaban J connectivity index is 0.000000208. The highest BCUT2D eigenvalue weighted by molar-refractivity contribution is 7.80. The van der Waals surface area contributed by atoms with Crippen LogP contribution in [0.5, 0.6) is 17.2 Å². The minimum absolute atomic E-state index is 0.0407. The van der Waals surface area contributed by atoms with Crippen LogP contribution in [-0.2, 0) is 24.3 Å². The van der Waals surface area contributed by atoms with E-state index in [1.54, 1.807) is 143 Å². The molecule has 18 nitrogen and oxygen atoms in total. The Morgan fingerprint density at radius 2 is 0.943 bits per heavy atom. The second-order valence-corrected chi connectivity index (χ2v) is 35.1. The molecule has 638 valence electrons. The van der Waals surface area contributed by atoms with E-state index in [9.17, 15) is 24.0 Å². The predicted molar refractivity (Wildman–Crippen MR) is 522 cm³/mol. The monoisotopic (exact) mass is 1870 g/mol. The second-order valence-electron chi connectivity index (χ2n) is 27.1. The molecule has 0 saturated carbocycles. The number of isothiocyanates is 1. The lowest BCUT2D eigenvalue weighted by Crippen LogP contribution is -2.39. The average molecular weight is 1880 g/mol. The van der Waals surface area contributed by atoms with Gasteiger partial charge in [0.1, 0.15) is 43.7 Å². The Morgan fingerprint density at radius 3 is 1.37 bits per heavy atom. The van der Waals surface area contributed by atoms with Crippen LogP contribution >= 0.6 is 140 Å². The van der Waals surface area contributed by atoms with Gasteiger partial charge in [-0.3, -0.25) is 24.2 Å². The van der Waals surface area contributed by atoms with Crippen LogP contribution in [0, 0.1) is 66.7 Å². The normalized spacial score (nSPS) is 10.8. The zero-order valence-electron chi connectivity index (χ0n) is 69.7. The third kappa shape index (κ3) is 29.2. The number of rotatable bonds is 21. The van der Waals surface area contributed by atoms with Crippen molar-refractivity contribution < 1.29 is 38.2 Å². The molecule has 0 bridgehead atoms. The number of aliphatic imine (C=N–C) groups is 1. The van der Waals surface area contributed by atoms with Crippen molar-refractivity contribution in [3.63, 3.8) is 0 Å². The van der Waals surface area contributed by atoms with E-state index in [1.165, 1.54) is 55.0 Å². The molecular formula is C93H91Cl5N10O8S7. The number of aryl methyl sites for hydroxylation is 4. The number of nitrogens with zero attached hydrogens (tertiary/aromatic N) is 5. The molecular weight excluding hydrogens is 1790 g/mol. The third-order valence-electron chi connectivity index (χ3n) is 18.7. The van der Waals surface area contributed by atoms with Gasteiger partial charge in [-0.25, -0.2) is 10.9 Å². The van der Waals surface area contributed by atoms with E-state index in [1.807, 2.05) is 151 Å². The summed E-state index contributed by atoms with van der Waals surface area (Å²) in [6.45, 7) is 21.0. The number of halogens is 5. The summed E-state index contributed by atoms with van der Waals surface area (Å²) in [5.74, 6) is 8.55. The number of benzene rings is 8. The minimum atomic E-state index is -0.172. The number of fused-ring (bicyclic) bond motifs is 1. The van der Waals surface area contributed by atoms with E-state index in [-0.39, 0.29) is 35.3 Å². The lowest BCUT2D eigenvalue weighted by Gasteiger charge is -2.20. The minimum Gasteiger partial charge on any atom is -0.497 e. The second kappa shape index (κ2) is 49.3. The van der Waals surface area contributed by atoms with Gasteiger partial charge in [0.25, 0.3) is 0 Å². The molecule has 123 heavy (non-hydrogen) atoms. The number of nitriles is 1. The van der Waals surface area contributed by atoms with Gasteiger partial charge in [0.05, 0.1) is 73.8 Å². The first-order valence-electron chi connectivity index (χ1n) is 37.8. The molecule has 1 aliphatic rings. The number of methoxy groups -OCH3 is 3. The number of ether oxygens (including phenoxy) is 3. The molecule has 0 spiro atoms. The number of hydrazine groups is 1. The number of nitrogens with one attached hydrogen (secondary N) is 2. The first-order chi connectivity index (χ1) is 58.7. The molecule has 0 aliphatic carbocycles. The summed E-state index contributed by atoms with van der Waals surface area (Å²) >= 11 is 51.2. The van der Waals surface area contributed by atoms with E-state index >= 15 is 0 Å². The van der Waals surface area contributed by atoms with Gasteiger partial charge in [0.15, 0.2) is 33.4 Å². The Bertz CT molecular complexity index is 5790. The maximum absolute atomic E-state index is 13.1. The van der Waals surface area contributed by atoms with Gasteiger partial charge in [0, 0.05) is 84.4 Å². The third-order valence-corrected chi connectivity index (χ3v) is 25.1. The summed E-state index contributed by atoms with van der Waals surface area (Å²) in [5.41, 5.74) is 25.7. The molecule has 0 fully saturated rings. The number of ketones is 5. The largest absolute Gasteiger partial charge is 0.497 e. The van der Waals surface area contributed by atoms with Gasteiger partial charge in [0.2, 0.25) is 0 Å². The molecule has 13 rings (SSSR count). The number of carbonyl (C=O) groups is 5. The molecule has 1 aliphatic heterocycles. The van der Waals surface area contributed by atoms with Gasteiger partial charge in [-0.05, 0) is 296 Å². The Kier molecular flexibility index (Phi) is 40.1. The SMILES string of the molecule is CCC(C)=O.COc1ccc(CCN)cc1.COc1ccc(CN(N)C(=S)Nc2sc(C)c(C)c2C(=O)c2ccc(Cl)cc2)cc1.COc1ccc(CN2N=C(c3ccc(Cl)cc3)c3c(sc(C)c3C)NC2=S)cc1.Cc1sc(N)c(C(=O)c2ccc(Cl)cc2)c1C.Cc1sc(N=C=S)c(C(=O)c2ccc(Cl)cc2)c1C.N#CCC(=O)c1ccc(Cl)cc1. The summed E-state index contributed by atoms with van der Waals surface area (Å²) < 4.78 is 15.4. The van der Waals surface area contributed by atoms with Crippen LogP contribution in [0.4, 0.5) is 20.0 Å². The highest BCUT2D eigenvalue weighted by atomic mass is 35.5. The maximum atomic E-state index is 13.1. The van der Waals surface area contributed by atoms with E-state index in [0.29, 0.717) is 115 Å². The Hall–Kier alpha value is -10.2. The van der Waals surface area contributed by atoms with Crippen molar-refractivity contribution >= 4 is 210 Å². The molecule has 0 radical (unpaired) electrons. The van der Waals surface area contributed by atoms with Crippen molar-refractivity contribution in [2.75, 3.05) is 44.2 Å². The first kappa shape index (κ1) is 99.9. The van der Waals surface area contributed by atoms with Crippen LogP contribution in [0.15, 0.2) is 204 Å². The number of Topliss-reactive ketones (excluding diaryl/α,β-unsaturated/α-hetero) is 2.